The predicted molar refractivity (Wildman–Crippen MR) is 416 cm³/mol. The number of benzene rings is 8. The SMILES string of the molecule is CCCCC(CC)Cc1cc(C)c(CC(CC)CCCC)cc1C.Cc1cc(-c2ccccc2)c(C)cc1-c1ccccc1.Cc1cc(C)c(C)cc1C.Cc1cc(C)c(C)cc1C.Cc1cc(C2CCCCC2)c(C)cc1C1CCCCC1.Cc1ccc(C)c(C)c1. The van der Waals surface area contributed by atoms with Gasteiger partial charge in [-0.15, -0.1) is 0 Å². The molecule has 2 aliphatic carbocycles. The summed E-state index contributed by atoms with van der Waals surface area (Å²) in [5.74, 6) is 3.43. The fourth-order valence-corrected chi connectivity index (χ4v) is 14.2. The van der Waals surface area contributed by atoms with E-state index >= 15 is 0 Å². The molecule has 2 unspecified atom stereocenters. The van der Waals surface area contributed by atoms with E-state index in [1.54, 1.807) is 33.4 Å². The van der Waals surface area contributed by atoms with Crippen molar-refractivity contribution < 1.29 is 0 Å². The van der Waals surface area contributed by atoms with Gasteiger partial charge in [-0.25, -0.2) is 0 Å². The molecule has 0 aromatic heterocycles. The van der Waals surface area contributed by atoms with Crippen molar-refractivity contribution in [2.45, 2.75) is 286 Å². The molecule has 10 rings (SSSR count). The Morgan fingerprint density at radius 3 is 0.903 bits per heavy atom. The van der Waals surface area contributed by atoms with Crippen molar-refractivity contribution in [2.24, 2.45) is 11.8 Å². The molecular weight excluding hydrogens is 1120 g/mol. The van der Waals surface area contributed by atoms with Crippen molar-refractivity contribution in [3.63, 3.8) is 0 Å². The van der Waals surface area contributed by atoms with Gasteiger partial charge in [-0.05, 0) is 313 Å². The summed E-state index contributed by atoms with van der Waals surface area (Å²) in [5.41, 5.74) is 35.8. The molecule has 0 bridgehead atoms. The molecule has 0 N–H and O–H groups in total. The molecule has 0 heterocycles. The minimum atomic E-state index is 0.850. The first-order valence-corrected chi connectivity index (χ1v) is 37.0. The average Bonchev–Trinajstić information content (AvgIpc) is 0.954. The smallest absolute Gasteiger partial charge is 0.0152 e. The average molecular weight is 1250 g/mol. The molecule has 0 amide bonds. The summed E-state index contributed by atoms with van der Waals surface area (Å²) in [6.45, 7) is 46.7. The van der Waals surface area contributed by atoms with Crippen LogP contribution in [0.2, 0.25) is 0 Å². The van der Waals surface area contributed by atoms with Gasteiger partial charge in [-0.1, -0.05) is 263 Å². The third-order valence-electron chi connectivity index (χ3n) is 21.3. The Hall–Kier alpha value is -6.24. The number of hydrogen-bond acceptors (Lipinski definition) is 0. The summed E-state index contributed by atoms with van der Waals surface area (Å²) >= 11 is 0. The molecule has 0 radical (unpaired) electrons. The first kappa shape index (κ1) is 77.5. The minimum Gasteiger partial charge on any atom is -0.0654 e. The Balaban J connectivity index is 0.000000210. The predicted octanol–water partition coefficient (Wildman–Crippen LogP) is 28.3. The maximum atomic E-state index is 2.55. The van der Waals surface area contributed by atoms with Gasteiger partial charge in [0.2, 0.25) is 0 Å². The molecule has 2 saturated carbocycles. The summed E-state index contributed by atoms with van der Waals surface area (Å²) in [5, 5.41) is 0. The molecule has 2 fully saturated rings. The van der Waals surface area contributed by atoms with Gasteiger partial charge in [0, 0.05) is 0 Å². The minimum absolute atomic E-state index is 0.850. The van der Waals surface area contributed by atoms with E-state index in [1.165, 1.54) is 234 Å². The monoisotopic (exact) mass is 1250 g/mol. The summed E-state index contributed by atoms with van der Waals surface area (Å²) in [4.78, 5) is 0. The second-order valence-corrected chi connectivity index (χ2v) is 29.0. The van der Waals surface area contributed by atoms with E-state index in [0.29, 0.717) is 0 Å². The second kappa shape index (κ2) is 40.2. The number of unbranched alkanes of at least 4 members (excludes halogenated alkanes) is 2. The Morgan fingerprint density at radius 2 is 0.613 bits per heavy atom. The van der Waals surface area contributed by atoms with Crippen molar-refractivity contribution in [1.29, 1.82) is 0 Å². The Bertz CT molecular complexity index is 3170. The number of aryl methyl sites for hydroxylation is 17. The lowest BCUT2D eigenvalue weighted by molar-refractivity contribution is 0.437. The lowest BCUT2D eigenvalue weighted by atomic mass is 9.77. The highest BCUT2D eigenvalue weighted by Gasteiger charge is 2.22. The standard InChI is InChI=1S/C24H42.C20H30.C20H18.2C10H14.C9H12/c1-7-11-13-21(9-3)17-23-15-20(6)24(16-19(23)5)18-22(10-4)14-12-8-2;2*1-15-13-20(18-11-7-4-8-12-18)16(2)14-19(15)17-9-5-3-6-10-17;2*1-7-5-9(3)10(4)6-8(7)2;1-7-4-5-8(2)9(3)6-7/h15-16,21-22H,7-14,17-18H2,1-6H3;13-14,17-18H,3-12H2,1-2H3;3-14H,1-2H3;2*5-6H,1-4H3;4-6H,1-3H3. The molecular formula is C93H130. The van der Waals surface area contributed by atoms with E-state index in [-0.39, 0.29) is 0 Å². The summed E-state index contributed by atoms with van der Waals surface area (Å²) in [6.07, 6.45) is 27.7. The number of hydrogen-bond donors (Lipinski definition) is 0. The fourth-order valence-electron chi connectivity index (χ4n) is 14.2. The molecule has 0 aliphatic heterocycles. The van der Waals surface area contributed by atoms with Crippen LogP contribution in [0.15, 0.2) is 140 Å². The van der Waals surface area contributed by atoms with Crippen molar-refractivity contribution in [3.05, 3.63) is 256 Å². The molecule has 93 heavy (non-hydrogen) atoms. The van der Waals surface area contributed by atoms with Crippen LogP contribution in [0.3, 0.4) is 0 Å². The normalized spacial score (nSPS) is 13.7. The molecule has 8 aromatic rings. The van der Waals surface area contributed by atoms with Crippen LogP contribution in [0, 0.1) is 130 Å². The van der Waals surface area contributed by atoms with E-state index in [9.17, 15) is 0 Å². The highest BCUT2D eigenvalue weighted by atomic mass is 14.3. The van der Waals surface area contributed by atoms with Crippen molar-refractivity contribution >= 4 is 0 Å². The van der Waals surface area contributed by atoms with Crippen LogP contribution in [0.25, 0.3) is 22.3 Å². The molecule has 0 saturated heterocycles. The molecule has 2 atom stereocenters. The van der Waals surface area contributed by atoms with E-state index in [0.717, 1.165) is 23.7 Å². The summed E-state index contributed by atoms with van der Waals surface area (Å²) in [7, 11) is 0. The fraction of sp³-hybridized carbons (Fsp3) is 0.484. The van der Waals surface area contributed by atoms with Gasteiger partial charge < -0.3 is 0 Å². The maximum Gasteiger partial charge on any atom is -0.0152 e. The zero-order chi connectivity index (χ0) is 68.1. The van der Waals surface area contributed by atoms with Gasteiger partial charge in [0.1, 0.15) is 0 Å². The van der Waals surface area contributed by atoms with E-state index in [1.807, 2.05) is 0 Å². The van der Waals surface area contributed by atoms with Crippen LogP contribution in [0.4, 0.5) is 0 Å². The van der Waals surface area contributed by atoms with Gasteiger partial charge in [-0.2, -0.15) is 0 Å². The zero-order valence-electron chi connectivity index (χ0n) is 63.2. The van der Waals surface area contributed by atoms with Crippen LogP contribution in [-0.2, 0) is 12.8 Å². The zero-order valence-corrected chi connectivity index (χ0v) is 63.2. The van der Waals surface area contributed by atoms with Crippen molar-refractivity contribution in [3.8, 4) is 22.3 Å². The number of rotatable bonds is 16. The second-order valence-electron chi connectivity index (χ2n) is 29.0. The van der Waals surface area contributed by atoms with E-state index in [2.05, 4.69) is 285 Å². The molecule has 0 nitrogen and oxygen atoms in total. The van der Waals surface area contributed by atoms with Crippen molar-refractivity contribution in [1.82, 2.24) is 0 Å². The molecule has 0 spiro atoms. The third kappa shape index (κ3) is 25.1. The molecule has 0 heteroatoms. The van der Waals surface area contributed by atoms with Gasteiger partial charge in [0.25, 0.3) is 0 Å². The van der Waals surface area contributed by atoms with E-state index in [4.69, 9.17) is 0 Å². The maximum absolute atomic E-state index is 2.55. The molecule has 2 aliphatic rings. The Labute approximate surface area is 572 Å². The van der Waals surface area contributed by atoms with Crippen LogP contribution in [0.5, 0.6) is 0 Å². The summed E-state index contributed by atoms with van der Waals surface area (Å²) in [6, 6.07) is 51.3. The first-order valence-electron chi connectivity index (χ1n) is 37.0. The van der Waals surface area contributed by atoms with Gasteiger partial charge >= 0.3 is 0 Å². The quantitative estimate of drug-likeness (QED) is 0.0904. The van der Waals surface area contributed by atoms with E-state index < -0.39 is 0 Å². The first-order chi connectivity index (χ1) is 44.5. The largest absolute Gasteiger partial charge is 0.0654 e. The van der Waals surface area contributed by atoms with Crippen LogP contribution >= 0.6 is 0 Å². The molecule has 8 aromatic carbocycles. The lowest BCUT2D eigenvalue weighted by Gasteiger charge is -2.28. The van der Waals surface area contributed by atoms with Crippen molar-refractivity contribution in [2.75, 3.05) is 0 Å². The van der Waals surface area contributed by atoms with Crippen LogP contribution < -0.4 is 0 Å². The highest BCUT2D eigenvalue weighted by Crippen LogP contribution is 2.40. The van der Waals surface area contributed by atoms with Crippen LogP contribution in [-0.4, -0.2) is 0 Å². The third-order valence-corrected chi connectivity index (χ3v) is 21.3. The van der Waals surface area contributed by atoms with Crippen LogP contribution in [0.1, 0.15) is 272 Å². The topological polar surface area (TPSA) is 0 Å². The van der Waals surface area contributed by atoms with Gasteiger partial charge in [0.15, 0.2) is 0 Å². The van der Waals surface area contributed by atoms with Gasteiger partial charge in [-0.3, -0.25) is 0 Å². The molecule has 502 valence electrons. The Kier molecular flexibility index (Phi) is 33.5. The van der Waals surface area contributed by atoms with Gasteiger partial charge in [0.05, 0.1) is 0 Å². The summed E-state index contributed by atoms with van der Waals surface area (Å²) < 4.78 is 0. The Morgan fingerprint density at radius 1 is 0.290 bits per heavy atom. The highest BCUT2D eigenvalue weighted by molar-refractivity contribution is 5.76. The lowest BCUT2D eigenvalue weighted by Crippen LogP contribution is -2.10.